The molecule has 1 saturated carbocycles. The van der Waals surface area contributed by atoms with Crippen LogP contribution in [0.2, 0.25) is 0 Å². The summed E-state index contributed by atoms with van der Waals surface area (Å²) in [5, 5.41) is 20.9. The van der Waals surface area contributed by atoms with Gasteiger partial charge in [0.25, 0.3) is 0 Å². The summed E-state index contributed by atoms with van der Waals surface area (Å²) < 4.78 is 45.1. The van der Waals surface area contributed by atoms with Gasteiger partial charge in [-0.3, -0.25) is 0 Å². The molecule has 0 radical (unpaired) electrons. The first kappa shape index (κ1) is 9.22. The van der Waals surface area contributed by atoms with Crippen molar-refractivity contribution < 1.29 is 18.4 Å². The number of benzene rings is 1. The Morgan fingerprint density at radius 3 is 2.89 bits per heavy atom. The summed E-state index contributed by atoms with van der Waals surface area (Å²) in [5.41, 5.74) is -0.866. The van der Waals surface area contributed by atoms with Gasteiger partial charge in [0.1, 0.15) is 5.75 Å². The first-order valence-corrected chi connectivity index (χ1v) is 6.24. The van der Waals surface area contributed by atoms with Gasteiger partial charge in [0.15, 0.2) is 0 Å². The first-order chi connectivity index (χ1) is 10.9. The van der Waals surface area contributed by atoms with Crippen molar-refractivity contribution in [1.82, 2.24) is 4.90 Å². The normalized spacial score (nSPS) is 33.1. The molecule has 0 bridgehead atoms. The number of aliphatic hydroxyl groups is 1. The van der Waals surface area contributed by atoms with Crippen molar-refractivity contribution in [2.45, 2.75) is 31.3 Å². The SMILES string of the molecule is Cl.[2H]C([2H])([2H])N(CC1CCCCC1(O)c1cccc(O)c1)C([2H])([2H])[2H]. The number of nitrogens with zero attached hydrogens (tertiary/aromatic N) is 1. The van der Waals surface area contributed by atoms with Gasteiger partial charge in [0, 0.05) is 20.7 Å². The van der Waals surface area contributed by atoms with Crippen molar-refractivity contribution in [2.24, 2.45) is 5.92 Å². The van der Waals surface area contributed by atoms with E-state index in [9.17, 15) is 10.2 Å². The fourth-order valence-corrected chi connectivity index (χ4v) is 2.85. The maximum Gasteiger partial charge on any atom is 0.115 e. The van der Waals surface area contributed by atoms with Crippen LogP contribution in [0.5, 0.6) is 5.75 Å². The molecule has 1 fully saturated rings. The summed E-state index contributed by atoms with van der Waals surface area (Å²) in [7, 11) is 0. The summed E-state index contributed by atoms with van der Waals surface area (Å²) in [6.45, 7) is -5.82. The molecule has 3 nitrogen and oxygen atoms in total. The van der Waals surface area contributed by atoms with Gasteiger partial charge in [-0.15, -0.1) is 12.4 Å². The van der Waals surface area contributed by atoms with Gasteiger partial charge >= 0.3 is 0 Å². The van der Waals surface area contributed by atoms with Gasteiger partial charge in [-0.2, -0.15) is 0 Å². The number of halogens is 1. The molecule has 0 aromatic heterocycles. The molecule has 2 atom stereocenters. The molecule has 0 aliphatic heterocycles. The summed E-state index contributed by atoms with van der Waals surface area (Å²) in [4.78, 5) is 0.504. The predicted molar refractivity (Wildman–Crippen MR) is 79.8 cm³/mol. The fraction of sp³-hybridized carbons (Fsp3) is 0.600. The Kier molecular flexibility index (Phi) is 3.20. The van der Waals surface area contributed by atoms with E-state index in [-0.39, 0.29) is 24.7 Å². The molecule has 108 valence electrons. The quantitative estimate of drug-likeness (QED) is 0.900. The molecule has 2 unspecified atom stereocenters. The molecule has 19 heavy (non-hydrogen) atoms. The second-order valence-electron chi connectivity index (χ2n) is 5.03. The maximum atomic E-state index is 11.2. The molecule has 1 aromatic rings. The molecule has 1 aliphatic rings. The lowest BCUT2D eigenvalue weighted by molar-refractivity contribution is -0.0619. The molecule has 0 spiro atoms. The van der Waals surface area contributed by atoms with Crippen LogP contribution in [-0.2, 0) is 5.60 Å². The van der Waals surface area contributed by atoms with E-state index in [1.54, 1.807) is 12.1 Å². The Bertz CT molecular complexity index is 566. The lowest BCUT2D eigenvalue weighted by Gasteiger charge is -2.41. The zero-order valence-corrected chi connectivity index (χ0v) is 11.5. The summed E-state index contributed by atoms with van der Waals surface area (Å²) >= 11 is 0. The Labute approximate surface area is 130 Å². The van der Waals surface area contributed by atoms with E-state index in [2.05, 4.69) is 0 Å². The van der Waals surface area contributed by atoms with Crippen LogP contribution in [-0.4, -0.2) is 35.6 Å². The first-order valence-electron chi connectivity index (χ1n) is 9.24. The standard InChI is InChI=1S/C15H23NO2.ClH/c1-16(2)11-13-6-3-4-9-15(13,18)12-7-5-8-14(17)10-12;/h5,7-8,10,13,17-18H,3-4,6,9,11H2,1-2H3;1H/i1D3,2D3;. The zero-order chi connectivity index (χ0) is 18.2. The Hall–Kier alpha value is -0.770. The maximum absolute atomic E-state index is 11.2. The Morgan fingerprint density at radius 1 is 1.42 bits per heavy atom. The summed E-state index contributed by atoms with van der Waals surface area (Å²) in [6, 6.07) is 6.22. The minimum absolute atomic E-state index is 0. The molecule has 1 aliphatic carbocycles. The second kappa shape index (κ2) is 6.60. The van der Waals surface area contributed by atoms with Crippen LogP contribution >= 0.6 is 12.4 Å². The van der Waals surface area contributed by atoms with Gasteiger partial charge in [0.05, 0.1) is 5.60 Å². The van der Waals surface area contributed by atoms with E-state index in [1.807, 2.05) is 0 Å². The van der Waals surface area contributed by atoms with Crippen LogP contribution in [0.25, 0.3) is 0 Å². The highest BCUT2D eigenvalue weighted by Gasteiger charge is 2.40. The molecular formula is C15H24ClNO2. The van der Waals surface area contributed by atoms with E-state index < -0.39 is 25.5 Å². The minimum Gasteiger partial charge on any atom is -0.508 e. The third-order valence-electron chi connectivity index (χ3n) is 3.78. The number of phenols is 1. The van der Waals surface area contributed by atoms with Crippen molar-refractivity contribution in [3.05, 3.63) is 29.8 Å². The van der Waals surface area contributed by atoms with E-state index in [1.165, 1.54) is 12.1 Å². The molecule has 1 aromatic carbocycles. The van der Waals surface area contributed by atoms with Crippen molar-refractivity contribution in [3.8, 4) is 5.75 Å². The molecule has 2 N–H and O–H groups in total. The van der Waals surface area contributed by atoms with Gasteiger partial charge in [0.2, 0.25) is 0 Å². The van der Waals surface area contributed by atoms with E-state index >= 15 is 0 Å². The van der Waals surface area contributed by atoms with Crippen LogP contribution < -0.4 is 0 Å². The third-order valence-corrected chi connectivity index (χ3v) is 3.78. The van der Waals surface area contributed by atoms with Crippen LogP contribution in [0.3, 0.4) is 0 Å². The fourth-order valence-electron chi connectivity index (χ4n) is 2.85. The van der Waals surface area contributed by atoms with Gasteiger partial charge < -0.3 is 15.1 Å². The van der Waals surface area contributed by atoms with Crippen LogP contribution in [0, 0.1) is 5.92 Å². The van der Waals surface area contributed by atoms with Gasteiger partial charge in [-0.25, -0.2) is 0 Å². The average molecular weight is 292 g/mol. The Balaban J connectivity index is 0.00000312. The number of hydrogen-bond donors (Lipinski definition) is 2. The van der Waals surface area contributed by atoms with E-state index in [0.29, 0.717) is 23.3 Å². The Morgan fingerprint density at radius 2 is 2.21 bits per heavy atom. The second-order valence-corrected chi connectivity index (χ2v) is 5.03. The summed E-state index contributed by atoms with van der Waals surface area (Å²) in [5.74, 6) is -0.539. The van der Waals surface area contributed by atoms with Gasteiger partial charge in [-0.05, 0) is 44.5 Å². The van der Waals surface area contributed by atoms with Gasteiger partial charge in [-0.1, -0.05) is 25.0 Å². The monoisotopic (exact) mass is 291 g/mol. The molecule has 0 saturated heterocycles. The minimum atomic E-state index is -2.78. The van der Waals surface area contributed by atoms with Crippen LogP contribution in [0.4, 0.5) is 0 Å². The molecule has 0 amide bonds. The topological polar surface area (TPSA) is 43.7 Å². The van der Waals surface area contributed by atoms with Crippen LogP contribution in [0.15, 0.2) is 24.3 Å². The van der Waals surface area contributed by atoms with Crippen molar-refractivity contribution in [3.63, 3.8) is 0 Å². The predicted octanol–water partition coefficient (Wildman–Crippen LogP) is 2.75. The highest BCUT2D eigenvalue weighted by Crippen LogP contribution is 2.42. The highest BCUT2D eigenvalue weighted by molar-refractivity contribution is 5.85. The molecule has 4 heteroatoms. The average Bonchev–Trinajstić information content (AvgIpc) is 2.43. The number of phenolic OH excluding ortho intramolecular Hbond substituents is 1. The number of aromatic hydroxyl groups is 1. The lowest BCUT2D eigenvalue weighted by atomic mass is 9.71. The molecule has 2 rings (SSSR count). The zero-order valence-electron chi connectivity index (χ0n) is 16.7. The lowest BCUT2D eigenvalue weighted by Crippen LogP contribution is -2.43. The largest absolute Gasteiger partial charge is 0.508 e. The molecular weight excluding hydrogens is 262 g/mol. The van der Waals surface area contributed by atoms with E-state index in [4.69, 9.17) is 8.22 Å². The number of hydrogen-bond acceptors (Lipinski definition) is 3. The highest BCUT2D eigenvalue weighted by atomic mass is 35.5. The summed E-state index contributed by atoms with van der Waals surface area (Å²) in [6.07, 6.45) is 2.47. The smallest absolute Gasteiger partial charge is 0.115 e. The third kappa shape index (κ3) is 3.62. The van der Waals surface area contributed by atoms with Crippen LogP contribution in [0.1, 0.15) is 39.5 Å². The van der Waals surface area contributed by atoms with Crippen molar-refractivity contribution in [2.75, 3.05) is 20.5 Å². The number of rotatable bonds is 3. The molecule has 0 heterocycles. The van der Waals surface area contributed by atoms with Crippen molar-refractivity contribution in [1.29, 1.82) is 0 Å². The van der Waals surface area contributed by atoms with Crippen molar-refractivity contribution >= 4 is 12.4 Å². The van der Waals surface area contributed by atoms with E-state index in [0.717, 1.165) is 12.8 Å².